The summed E-state index contributed by atoms with van der Waals surface area (Å²) < 4.78 is 25.0. The SMILES string of the molecule is CC(C)(C)[Si](C)(C)O[C@@H]1CO[C@H]2[C@@H]1OC[C@H]2Oc1nc2nc(-c3ccc(N4CC[C@@H](O)C4)cc3)c(Cl)cc2[nH]1. The highest BCUT2D eigenvalue weighted by Crippen LogP contribution is 2.40. The van der Waals surface area contributed by atoms with Gasteiger partial charge in [-0.05, 0) is 42.8 Å². The van der Waals surface area contributed by atoms with Crippen molar-refractivity contribution in [3.05, 3.63) is 35.4 Å². The molecule has 39 heavy (non-hydrogen) atoms. The van der Waals surface area contributed by atoms with Crippen LogP contribution in [0.15, 0.2) is 30.3 Å². The Balaban J connectivity index is 1.15. The highest BCUT2D eigenvalue weighted by molar-refractivity contribution is 6.74. The molecule has 6 rings (SSSR count). The number of aromatic nitrogens is 3. The van der Waals surface area contributed by atoms with E-state index in [1.165, 1.54) is 0 Å². The van der Waals surface area contributed by atoms with Crippen LogP contribution in [0.5, 0.6) is 6.01 Å². The number of halogens is 1. The fraction of sp³-hybridized carbons (Fsp3) is 0.571. The number of hydrogen-bond donors (Lipinski definition) is 2. The van der Waals surface area contributed by atoms with Crippen molar-refractivity contribution < 1.29 is 23.7 Å². The number of aromatic amines is 1. The van der Waals surface area contributed by atoms with Crippen molar-refractivity contribution in [1.82, 2.24) is 15.0 Å². The van der Waals surface area contributed by atoms with E-state index in [9.17, 15) is 5.11 Å². The summed E-state index contributed by atoms with van der Waals surface area (Å²) in [5, 5.41) is 10.5. The number of nitrogens with zero attached hydrogens (tertiary/aromatic N) is 3. The highest BCUT2D eigenvalue weighted by atomic mass is 35.5. The van der Waals surface area contributed by atoms with Crippen molar-refractivity contribution in [2.75, 3.05) is 31.2 Å². The van der Waals surface area contributed by atoms with Crippen molar-refractivity contribution in [2.24, 2.45) is 0 Å². The first-order valence-electron chi connectivity index (χ1n) is 13.7. The van der Waals surface area contributed by atoms with Crippen molar-refractivity contribution in [1.29, 1.82) is 0 Å². The molecule has 210 valence electrons. The summed E-state index contributed by atoms with van der Waals surface area (Å²) >= 11 is 6.63. The largest absolute Gasteiger partial charge is 0.456 e. The molecule has 3 aromatic rings. The highest BCUT2D eigenvalue weighted by Gasteiger charge is 2.52. The van der Waals surface area contributed by atoms with Crippen LogP contribution in [-0.2, 0) is 13.9 Å². The lowest BCUT2D eigenvalue weighted by Gasteiger charge is -2.39. The van der Waals surface area contributed by atoms with Gasteiger partial charge in [0.2, 0.25) is 0 Å². The Kier molecular flexibility index (Phi) is 6.92. The molecule has 5 atom stereocenters. The molecule has 0 amide bonds. The Labute approximate surface area is 234 Å². The monoisotopic (exact) mass is 572 g/mol. The van der Waals surface area contributed by atoms with E-state index >= 15 is 0 Å². The molecule has 0 spiro atoms. The summed E-state index contributed by atoms with van der Waals surface area (Å²) in [4.78, 5) is 14.7. The van der Waals surface area contributed by atoms with E-state index in [-0.39, 0.29) is 35.6 Å². The molecule has 0 radical (unpaired) electrons. The van der Waals surface area contributed by atoms with E-state index in [1.54, 1.807) is 0 Å². The van der Waals surface area contributed by atoms with E-state index in [0.717, 1.165) is 24.2 Å². The molecule has 0 aliphatic carbocycles. The van der Waals surface area contributed by atoms with Crippen LogP contribution in [0.25, 0.3) is 22.4 Å². The van der Waals surface area contributed by atoms with Gasteiger partial charge in [0, 0.05) is 24.3 Å². The van der Waals surface area contributed by atoms with Gasteiger partial charge in [0.15, 0.2) is 20.1 Å². The van der Waals surface area contributed by atoms with Gasteiger partial charge in [-0.25, -0.2) is 4.98 Å². The lowest BCUT2D eigenvalue weighted by molar-refractivity contribution is 0.0116. The van der Waals surface area contributed by atoms with Gasteiger partial charge < -0.3 is 33.6 Å². The van der Waals surface area contributed by atoms with Gasteiger partial charge in [0.1, 0.15) is 12.2 Å². The Morgan fingerprint density at radius 2 is 1.77 bits per heavy atom. The number of rotatable bonds is 6. The van der Waals surface area contributed by atoms with Crippen LogP contribution >= 0.6 is 11.6 Å². The molecular weight excluding hydrogens is 536 g/mol. The summed E-state index contributed by atoms with van der Waals surface area (Å²) in [6.45, 7) is 13.6. The lowest BCUT2D eigenvalue weighted by Crippen LogP contribution is -2.47. The van der Waals surface area contributed by atoms with Crippen LogP contribution in [0.4, 0.5) is 5.69 Å². The molecule has 2 aromatic heterocycles. The number of anilines is 1. The van der Waals surface area contributed by atoms with Crippen LogP contribution in [0.2, 0.25) is 23.2 Å². The predicted octanol–water partition coefficient (Wildman–Crippen LogP) is 4.78. The number of β-amino-alcohol motifs (C(OH)–C–C–N with tert-alkyl or cyclic N) is 1. The van der Waals surface area contributed by atoms with Crippen LogP contribution in [-0.4, -0.2) is 85.2 Å². The van der Waals surface area contributed by atoms with E-state index in [0.29, 0.717) is 47.6 Å². The average Bonchev–Trinajstić information content (AvgIpc) is 3.65. The van der Waals surface area contributed by atoms with Gasteiger partial charge in [-0.3, -0.25) is 0 Å². The van der Waals surface area contributed by atoms with Gasteiger partial charge in [-0.2, -0.15) is 4.98 Å². The minimum absolute atomic E-state index is 0.0925. The zero-order valence-corrected chi connectivity index (χ0v) is 24.9. The van der Waals surface area contributed by atoms with Gasteiger partial charge in [-0.15, -0.1) is 0 Å². The van der Waals surface area contributed by atoms with Gasteiger partial charge in [-0.1, -0.05) is 44.5 Å². The molecule has 0 saturated carbocycles. The molecule has 3 aliphatic rings. The molecule has 3 fully saturated rings. The second kappa shape index (κ2) is 10.0. The normalized spacial score (nSPS) is 27.5. The summed E-state index contributed by atoms with van der Waals surface area (Å²) in [5.74, 6) is 0. The summed E-state index contributed by atoms with van der Waals surface area (Å²) in [6.07, 6.45) is -0.227. The Hall–Kier alpha value is -2.21. The lowest BCUT2D eigenvalue weighted by atomic mass is 10.1. The molecule has 9 nitrogen and oxygen atoms in total. The summed E-state index contributed by atoms with van der Waals surface area (Å²) in [7, 11) is -1.95. The third-order valence-corrected chi connectivity index (χ3v) is 13.3. The van der Waals surface area contributed by atoms with E-state index in [2.05, 4.69) is 48.7 Å². The number of ether oxygens (including phenoxy) is 3. The topological polar surface area (TPSA) is 102 Å². The number of nitrogens with one attached hydrogen (secondary N) is 1. The number of fused-ring (bicyclic) bond motifs is 2. The Morgan fingerprint density at radius 3 is 2.44 bits per heavy atom. The van der Waals surface area contributed by atoms with Gasteiger partial charge in [0.05, 0.1) is 41.7 Å². The molecule has 1 aromatic carbocycles. The second-order valence-electron chi connectivity index (χ2n) is 12.3. The zero-order chi connectivity index (χ0) is 27.5. The molecule has 3 aliphatic heterocycles. The van der Waals surface area contributed by atoms with Gasteiger partial charge in [0.25, 0.3) is 6.01 Å². The minimum Gasteiger partial charge on any atom is -0.456 e. The average molecular weight is 573 g/mol. The Bertz CT molecular complexity index is 1340. The summed E-state index contributed by atoms with van der Waals surface area (Å²) in [5.41, 5.74) is 3.85. The first kappa shape index (κ1) is 27.0. The molecule has 5 heterocycles. The van der Waals surface area contributed by atoms with E-state index in [1.807, 2.05) is 30.3 Å². The van der Waals surface area contributed by atoms with Gasteiger partial charge >= 0.3 is 0 Å². The zero-order valence-electron chi connectivity index (χ0n) is 23.1. The third kappa shape index (κ3) is 5.18. The maximum Gasteiger partial charge on any atom is 0.296 e. The Morgan fingerprint density at radius 1 is 1.08 bits per heavy atom. The molecular formula is C28H37ClN4O5Si. The quantitative estimate of drug-likeness (QED) is 0.407. The maximum atomic E-state index is 9.84. The number of H-pyrrole nitrogens is 1. The molecule has 11 heteroatoms. The van der Waals surface area contributed by atoms with Crippen molar-refractivity contribution in [3.63, 3.8) is 0 Å². The van der Waals surface area contributed by atoms with Crippen molar-refractivity contribution in [3.8, 4) is 17.3 Å². The number of hydrogen-bond acceptors (Lipinski definition) is 8. The van der Waals surface area contributed by atoms with Crippen molar-refractivity contribution >= 4 is 36.8 Å². The van der Waals surface area contributed by atoms with E-state index < -0.39 is 8.32 Å². The van der Waals surface area contributed by atoms with Crippen LogP contribution in [0, 0.1) is 0 Å². The second-order valence-corrected chi connectivity index (χ2v) is 17.5. The number of aliphatic hydroxyl groups is 1. The van der Waals surface area contributed by atoms with Crippen LogP contribution < -0.4 is 9.64 Å². The smallest absolute Gasteiger partial charge is 0.296 e. The standard InChI is InChI=1S/C28H37ClN4O5Si/c1-28(2,3)39(4,5)38-22-15-36-24-21(14-35-25(22)24)37-27-30-20-12-19(29)23(31-26(20)32-27)16-6-8-17(9-7-16)33-11-10-18(34)13-33/h6-9,12,18,21-22,24-25,34H,10-11,13-15H2,1-5H3,(H,30,31,32)/t18-,21-,22-,24-,25-/m1/s1. The van der Waals surface area contributed by atoms with E-state index in [4.69, 9.17) is 35.2 Å². The molecule has 0 unspecified atom stereocenters. The number of aliphatic hydroxyl groups excluding tert-OH is 1. The van der Waals surface area contributed by atoms with Crippen LogP contribution in [0.1, 0.15) is 27.2 Å². The van der Waals surface area contributed by atoms with Crippen LogP contribution in [0.3, 0.4) is 0 Å². The maximum absolute atomic E-state index is 9.84. The number of pyridine rings is 1. The molecule has 0 bridgehead atoms. The summed E-state index contributed by atoms with van der Waals surface area (Å²) in [6, 6.07) is 10.3. The predicted molar refractivity (Wildman–Crippen MR) is 153 cm³/mol. The number of benzene rings is 1. The molecule has 3 saturated heterocycles. The number of imidazole rings is 1. The molecule has 2 N–H and O–H groups in total. The third-order valence-electron chi connectivity index (χ3n) is 8.55. The fourth-order valence-electron chi connectivity index (χ4n) is 5.29. The first-order chi connectivity index (χ1) is 18.5. The minimum atomic E-state index is -1.95. The van der Waals surface area contributed by atoms with Crippen molar-refractivity contribution in [2.45, 2.75) is 75.8 Å². The first-order valence-corrected chi connectivity index (χ1v) is 16.9. The fourth-order valence-corrected chi connectivity index (χ4v) is 6.86.